The smallest absolute Gasteiger partial charge is 0.395 e. The number of halogens is 3. The molecule has 14 nitrogen and oxygen atoms in total. The molecule has 0 saturated carbocycles. The molecule has 1 amide bonds. The van der Waals surface area contributed by atoms with Crippen LogP contribution in [0, 0.1) is 0 Å². The zero-order chi connectivity index (χ0) is 27.1. The number of aliphatic hydroxyl groups excluding tert-OH is 2. The molecular formula is C19H28F3N10O4P. The Morgan fingerprint density at radius 2 is 1.70 bits per heavy atom. The Labute approximate surface area is 210 Å². The highest BCUT2D eigenvalue weighted by molar-refractivity contribution is 7.57. The van der Waals surface area contributed by atoms with Gasteiger partial charge in [-0.05, 0) is 24.3 Å². The number of primary amides is 1. The van der Waals surface area contributed by atoms with Gasteiger partial charge in [-0.15, -0.1) is 10.2 Å². The van der Waals surface area contributed by atoms with Crippen LogP contribution < -0.4 is 31.4 Å². The van der Waals surface area contributed by atoms with Gasteiger partial charge in [0, 0.05) is 50.6 Å². The number of nitrogens with two attached hydrogens (primary N) is 1. The minimum atomic E-state index is -4.85. The summed E-state index contributed by atoms with van der Waals surface area (Å²) in [5, 5.41) is 34.7. The quantitative estimate of drug-likeness (QED) is 0.139. The van der Waals surface area contributed by atoms with Crippen molar-refractivity contribution < 1.29 is 32.7 Å². The maximum Gasteiger partial charge on any atom is 0.464 e. The Bertz CT molecular complexity index is 1100. The van der Waals surface area contributed by atoms with Crippen molar-refractivity contribution >= 4 is 36.6 Å². The van der Waals surface area contributed by atoms with Crippen LogP contribution in [0.4, 0.5) is 36.3 Å². The number of aromatic nitrogens is 3. The zero-order valence-electron chi connectivity index (χ0n) is 19.6. The molecule has 1 unspecified atom stereocenters. The summed E-state index contributed by atoms with van der Waals surface area (Å²) in [6.45, 7) is 0.0363. The van der Waals surface area contributed by atoms with Crippen molar-refractivity contribution in [2.45, 2.75) is 6.30 Å². The van der Waals surface area contributed by atoms with Gasteiger partial charge in [-0.25, -0.2) is 9.76 Å². The fourth-order valence-electron chi connectivity index (χ4n) is 3.55. The zero-order valence-corrected chi connectivity index (χ0v) is 20.5. The van der Waals surface area contributed by atoms with Crippen molar-refractivity contribution in [3.8, 4) is 0 Å². The number of piperazine rings is 1. The lowest BCUT2D eigenvalue weighted by molar-refractivity contribution is -0.140. The van der Waals surface area contributed by atoms with E-state index in [1.165, 1.54) is 9.76 Å². The van der Waals surface area contributed by atoms with Crippen LogP contribution in [0.5, 0.6) is 0 Å². The van der Waals surface area contributed by atoms with Crippen molar-refractivity contribution in [1.29, 1.82) is 0 Å². The van der Waals surface area contributed by atoms with E-state index in [4.69, 9.17) is 15.9 Å². The molecule has 0 spiro atoms. The molecule has 0 aliphatic carbocycles. The molecule has 18 heteroatoms. The predicted molar refractivity (Wildman–Crippen MR) is 129 cm³/mol. The monoisotopic (exact) mass is 548 g/mol. The number of hydrogen-bond donors (Lipinski definition) is 7. The van der Waals surface area contributed by atoms with Crippen LogP contribution in [0.25, 0.3) is 0 Å². The van der Waals surface area contributed by atoms with E-state index in [1.807, 2.05) is 4.90 Å². The van der Waals surface area contributed by atoms with E-state index in [0.717, 1.165) is 5.69 Å². The molecule has 0 bridgehead atoms. The number of nitrogens with zero attached hydrogens (tertiary/aromatic N) is 5. The van der Waals surface area contributed by atoms with Gasteiger partial charge in [0.05, 0.1) is 13.2 Å². The highest BCUT2D eigenvalue weighted by Gasteiger charge is 2.42. The van der Waals surface area contributed by atoms with Crippen LogP contribution in [-0.2, 0) is 4.57 Å². The molecule has 0 radical (unpaired) electrons. The van der Waals surface area contributed by atoms with E-state index in [1.54, 1.807) is 24.3 Å². The van der Waals surface area contributed by atoms with Crippen LogP contribution in [-0.4, -0.2) is 94.8 Å². The summed E-state index contributed by atoms with van der Waals surface area (Å²) in [5.41, 5.74) is 6.48. The normalized spacial score (nSPS) is 16.3. The molecule has 204 valence electrons. The largest absolute Gasteiger partial charge is 0.464 e. The predicted octanol–water partition coefficient (Wildman–Crippen LogP) is 0.0397. The molecule has 1 aliphatic heterocycles. The summed E-state index contributed by atoms with van der Waals surface area (Å²) in [4.78, 5) is 17.6. The van der Waals surface area contributed by atoms with Crippen molar-refractivity contribution in [2.75, 3.05) is 68.0 Å². The Balaban J connectivity index is 1.63. The molecule has 37 heavy (non-hydrogen) atoms. The second-order valence-electron chi connectivity index (χ2n) is 7.78. The SMILES string of the molecule is NC(=O)c1nnc(Nc2ccc(N3CCN(P(=O)(NCCO)NC(F)(F)F)CC3)cc2)nc1NCCO. The van der Waals surface area contributed by atoms with Gasteiger partial charge in [0.25, 0.3) is 13.5 Å². The summed E-state index contributed by atoms with van der Waals surface area (Å²) in [6.07, 6.45) is -4.85. The van der Waals surface area contributed by atoms with Gasteiger partial charge in [0.15, 0.2) is 11.5 Å². The maximum atomic E-state index is 12.9. The molecule has 1 aromatic carbocycles. The van der Waals surface area contributed by atoms with Crippen LogP contribution >= 0.6 is 7.59 Å². The van der Waals surface area contributed by atoms with Gasteiger partial charge in [-0.3, -0.25) is 9.36 Å². The second-order valence-corrected chi connectivity index (χ2v) is 10.0. The lowest BCUT2D eigenvalue weighted by Crippen LogP contribution is -2.50. The number of nitrogens with one attached hydrogen (secondary N) is 4. The van der Waals surface area contributed by atoms with Crippen LogP contribution in [0.3, 0.4) is 0 Å². The van der Waals surface area contributed by atoms with Crippen molar-refractivity contribution in [3.63, 3.8) is 0 Å². The Morgan fingerprint density at radius 1 is 1.05 bits per heavy atom. The molecule has 2 heterocycles. The highest BCUT2D eigenvalue weighted by Crippen LogP contribution is 2.44. The Morgan fingerprint density at radius 3 is 2.27 bits per heavy atom. The number of aliphatic hydroxyl groups is 2. The molecule has 2 aromatic rings. The van der Waals surface area contributed by atoms with E-state index < -0.39 is 26.4 Å². The van der Waals surface area contributed by atoms with Gasteiger partial charge in [0.1, 0.15) is 0 Å². The number of benzene rings is 1. The van der Waals surface area contributed by atoms with Gasteiger partial charge < -0.3 is 31.5 Å². The highest BCUT2D eigenvalue weighted by atomic mass is 31.2. The third-order valence-corrected chi connectivity index (χ3v) is 7.59. The summed E-state index contributed by atoms with van der Waals surface area (Å²) in [5.74, 6) is -0.680. The third-order valence-electron chi connectivity index (χ3n) is 5.18. The number of anilines is 4. The van der Waals surface area contributed by atoms with Crippen molar-refractivity contribution in [1.82, 2.24) is 30.0 Å². The maximum absolute atomic E-state index is 12.9. The summed E-state index contributed by atoms with van der Waals surface area (Å²) < 4.78 is 52.9. The lowest BCUT2D eigenvalue weighted by Gasteiger charge is -2.40. The number of hydrogen-bond acceptors (Lipinski definition) is 10. The van der Waals surface area contributed by atoms with E-state index in [9.17, 15) is 22.5 Å². The van der Waals surface area contributed by atoms with Crippen LogP contribution in [0.15, 0.2) is 24.3 Å². The van der Waals surface area contributed by atoms with Crippen LogP contribution in [0.2, 0.25) is 0 Å². The molecule has 1 aromatic heterocycles. The second kappa shape index (κ2) is 12.4. The Hall–Kier alpha value is -3.08. The van der Waals surface area contributed by atoms with Crippen LogP contribution in [0.1, 0.15) is 10.5 Å². The first-order chi connectivity index (χ1) is 17.5. The molecule has 1 fully saturated rings. The molecule has 1 atom stereocenters. The van der Waals surface area contributed by atoms with Gasteiger partial charge >= 0.3 is 6.30 Å². The number of rotatable bonds is 12. The van der Waals surface area contributed by atoms with Gasteiger partial charge in [-0.1, -0.05) is 0 Å². The summed E-state index contributed by atoms with van der Waals surface area (Å²) in [7, 11) is -4.18. The topological polar surface area (TPSA) is 194 Å². The van der Waals surface area contributed by atoms with E-state index in [2.05, 4.69) is 30.9 Å². The summed E-state index contributed by atoms with van der Waals surface area (Å²) in [6, 6.07) is 7.02. The number of carbonyl (C=O) groups excluding carboxylic acids is 1. The molecule has 1 aliphatic rings. The van der Waals surface area contributed by atoms with Gasteiger partial charge in [-0.2, -0.15) is 23.2 Å². The molecule has 3 rings (SSSR count). The summed E-state index contributed by atoms with van der Waals surface area (Å²) >= 11 is 0. The van der Waals surface area contributed by atoms with E-state index in [-0.39, 0.29) is 50.2 Å². The average Bonchev–Trinajstić information content (AvgIpc) is 2.86. The third kappa shape index (κ3) is 7.95. The average molecular weight is 548 g/mol. The fraction of sp³-hybridized carbons (Fsp3) is 0.474. The lowest BCUT2D eigenvalue weighted by atomic mass is 10.2. The minimum absolute atomic E-state index is 0.0688. The molecule has 1 saturated heterocycles. The first kappa shape index (κ1) is 28.5. The number of amides is 1. The number of carbonyl (C=O) groups is 1. The van der Waals surface area contributed by atoms with E-state index in [0.29, 0.717) is 18.8 Å². The Kier molecular flexibility index (Phi) is 9.58. The molecule has 8 N–H and O–H groups in total. The minimum Gasteiger partial charge on any atom is -0.395 e. The first-order valence-corrected chi connectivity index (χ1v) is 12.8. The van der Waals surface area contributed by atoms with Crippen molar-refractivity contribution in [2.24, 2.45) is 5.73 Å². The van der Waals surface area contributed by atoms with E-state index >= 15 is 0 Å². The molecular weight excluding hydrogens is 520 g/mol. The number of alkyl halides is 3. The standard InChI is InChI=1S/C19H28F3N10O4P/c20-19(21,22)30-37(36,25-6-12-34)32-9-7-31(8-10-32)14-3-1-13(2-4-14)26-18-27-17(24-5-11-33)15(16(23)35)28-29-18/h1-4,33-34H,5-12H2,(H2,23,35)(H2,25,30,36)(H2,24,26,27,29). The van der Waals surface area contributed by atoms with Gasteiger partial charge in [0.2, 0.25) is 5.95 Å². The fourth-order valence-corrected chi connectivity index (χ4v) is 5.46. The first-order valence-electron chi connectivity index (χ1n) is 11.1. The van der Waals surface area contributed by atoms with Crippen molar-refractivity contribution in [3.05, 3.63) is 30.0 Å².